The minimum atomic E-state index is -1.26. The van der Waals surface area contributed by atoms with E-state index >= 15 is 0 Å². The van der Waals surface area contributed by atoms with E-state index in [0.29, 0.717) is 18.3 Å². The van der Waals surface area contributed by atoms with Crippen LogP contribution in [0, 0.1) is 35.0 Å². The van der Waals surface area contributed by atoms with Crippen molar-refractivity contribution in [2.45, 2.75) is 31.2 Å². The van der Waals surface area contributed by atoms with Gasteiger partial charge in [-0.2, -0.15) is 0 Å². The van der Waals surface area contributed by atoms with Crippen molar-refractivity contribution in [2.75, 3.05) is 7.11 Å². The van der Waals surface area contributed by atoms with Crippen LogP contribution in [0.5, 0.6) is 0 Å². The summed E-state index contributed by atoms with van der Waals surface area (Å²) in [5.74, 6) is 1.09. The van der Waals surface area contributed by atoms with E-state index in [-0.39, 0.29) is 34.6 Å². The number of methoxy groups -OCH3 is 1. The highest BCUT2D eigenvalue weighted by atomic mass is 16.5. The Hall–Kier alpha value is -0.890. The molecule has 2 nitrogen and oxygen atoms in total. The maximum absolute atomic E-state index is 12.4. The number of rotatable bonds is 1. The molecule has 3 saturated carbocycles. The lowest BCUT2D eigenvalue weighted by Crippen LogP contribution is -2.52. The lowest BCUT2D eigenvalue weighted by molar-refractivity contribution is -0.132. The van der Waals surface area contributed by atoms with Gasteiger partial charge in [0.05, 0.1) is 5.60 Å². The predicted molar refractivity (Wildman–Crippen MR) is 71.4 cm³/mol. The SMILES string of the molecule is [2H]C1([2H])C[C@H]2C(=O)C=CC[C@@H]2[C@@]23C=C[C@H]4[C@@H](C[C@H]12)C43OC. The van der Waals surface area contributed by atoms with Gasteiger partial charge in [-0.15, -0.1) is 0 Å². The monoisotopic (exact) mass is 258 g/mol. The Labute approximate surface area is 116 Å². The third-order valence-corrected chi connectivity index (χ3v) is 6.75. The summed E-state index contributed by atoms with van der Waals surface area (Å²) in [5.41, 5.74) is -0.469. The Kier molecular flexibility index (Phi) is 1.47. The first-order valence-corrected chi connectivity index (χ1v) is 7.44. The summed E-state index contributed by atoms with van der Waals surface area (Å²) in [6.07, 6.45) is 9.10. The number of ether oxygens (including phenoxy) is 1. The fourth-order valence-electron chi connectivity index (χ4n) is 6.15. The Morgan fingerprint density at radius 1 is 1.47 bits per heavy atom. The van der Waals surface area contributed by atoms with Crippen molar-refractivity contribution in [1.82, 2.24) is 0 Å². The second-order valence-corrected chi connectivity index (χ2v) is 6.87. The minimum absolute atomic E-state index is 0.00509. The van der Waals surface area contributed by atoms with Crippen LogP contribution in [0.2, 0.25) is 0 Å². The summed E-state index contributed by atoms with van der Waals surface area (Å²) >= 11 is 0. The van der Waals surface area contributed by atoms with Crippen molar-refractivity contribution in [2.24, 2.45) is 35.0 Å². The number of fused-ring (bicyclic) bond motifs is 2. The highest BCUT2D eigenvalue weighted by Gasteiger charge is 2.84. The third-order valence-electron chi connectivity index (χ3n) is 6.75. The normalized spacial score (nSPS) is 64.1. The molecule has 0 bridgehead atoms. The van der Waals surface area contributed by atoms with Crippen LogP contribution in [0.3, 0.4) is 0 Å². The maximum atomic E-state index is 12.4. The van der Waals surface area contributed by atoms with E-state index in [1.807, 2.05) is 6.08 Å². The fraction of sp³-hybridized carbons (Fsp3) is 0.706. The number of hydrogen-bond acceptors (Lipinski definition) is 2. The molecule has 0 aliphatic heterocycles. The molecule has 100 valence electrons. The molecule has 19 heavy (non-hydrogen) atoms. The van der Waals surface area contributed by atoms with Gasteiger partial charge in [0.1, 0.15) is 0 Å². The molecule has 0 N–H and O–H groups in total. The van der Waals surface area contributed by atoms with Crippen LogP contribution in [0.25, 0.3) is 0 Å². The zero-order chi connectivity index (χ0) is 14.6. The molecule has 7 atom stereocenters. The predicted octanol–water partition coefficient (Wildman–Crippen LogP) is 2.75. The van der Waals surface area contributed by atoms with Crippen LogP contribution in [-0.4, -0.2) is 18.5 Å². The number of carbonyl (C=O) groups is 1. The van der Waals surface area contributed by atoms with Gasteiger partial charge in [-0.1, -0.05) is 18.2 Å². The first-order chi connectivity index (χ1) is 9.99. The second-order valence-electron chi connectivity index (χ2n) is 6.87. The molecule has 5 rings (SSSR count). The topological polar surface area (TPSA) is 26.3 Å². The molecule has 0 amide bonds. The average molecular weight is 258 g/mol. The summed E-state index contributed by atoms with van der Waals surface area (Å²) in [7, 11) is 1.78. The molecule has 0 heterocycles. The van der Waals surface area contributed by atoms with Crippen LogP contribution in [-0.2, 0) is 9.53 Å². The van der Waals surface area contributed by atoms with Crippen LogP contribution >= 0.6 is 0 Å². The zero-order valence-corrected chi connectivity index (χ0v) is 11.1. The Balaban J connectivity index is 1.73. The van der Waals surface area contributed by atoms with Gasteiger partial charge >= 0.3 is 0 Å². The standard InChI is InChI=1S/C17H20O2/c1-19-17-13-7-8-16(17)10(9-14(13)17)5-6-11-12(16)3-2-4-15(11)18/h2,4,7-8,10-14H,3,5-6,9H2,1H3/t10-,11+,12-,13-,14+,16+,17?/m0/s1/i5D2. The van der Waals surface area contributed by atoms with Gasteiger partial charge in [0.15, 0.2) is 5.78 Å². The number of allylic oxidation sites excluding steroid dienone is 2. The van der Waals surface area contributed by atoms with Gasteiger partial charge in [-0.05, 0) is 49.5 Å². The Morgan fingerprint density at radius 3 is 3.21 bits per heavy atom. The molecule has 0 saturated heterocycles. The van der Waals surface area contributed by atoms with Crippen LogP contribution in [0.1, 0.15) is 28.4 Å². The molecular formula is C17H20O2. The summed E-state index contributed by atoms with van der Waals surface area (Å²) in [6, 6.07) is 0. The van der Waals surface area contributed by atoms with Crippen molar-refractivity contribution in [3.05, 3.63) is 24.3 Å². The van der Waals surface area contributed by atoms with Crippen molar-refractivity contribution in [3.8, 4) is 0 Å². The van der Waals surface area contributed by atoms with Crippen molar-refractivity contribution in [3.63, 3.8) is 0 Å². The molecule has 1 spiro atoms. The minimum Gasteiger partial charge on any atom is -0.376 e. The van der Waals surface area contributed by atoms with E-state index < -0.39 is 6.37 Å². The lowest BCUT2D eigenvalue weighted by Gasteiger charge is -2.52. The molecule has 0 aromatic carbocycles. The smallest absolute Gasteiger partial charge is 0.158 e. The van der Waals surface area contributed by atoms with E-state index in [2.05, 4.69) is 12.2 Å². The fourth-order valence-corrected chi connectivity index (χ4v) is 6.15. The highest BCUT2D eigenvalue weighted by Crippen LogP contribution is 2.82. The summed E-state index contributed by atoms with van der Waals surface area (Å²) in [4.78, 5) is 12.4. The summed E-state index contributed by atoms with van der Waals surface area (Å²) < 4.78 is 23.2. The van der Waals surface area contributed by atoms with E-state index in [9.17, 15) is 4.79 Å². The van der Waals surface area contributed by atoms with Crippen molar-refractivity contribution >= 4 is 5.78 Å². The van der Waals surface area contributed by atoms with Crippen molar-refractivity contribution < 1.29 is 12.3 Å². The molecule has 0 radical (unpaired) electrons. The third kappa shape index (κ3) is 0.894. The van der Waals surface area contributed by atoms with Gasteiger partial charge in [0.2, 0.25) is 0 Å². The molecule has 0 aromatic rings. The highest BCUT2D eigenvalue weighted by molar-refractivity contribution is 5.93. The number of ketones is 1. The van der Waals surface area contributed by atoms with E-state index in [1.54, 1.807) is 13.2 Å². The van der Waals surface area contributed by atoms with Gasteiger partial charge in [0, 0.05) is 27.1 Å². The lowest BCUT2D eigenvalue weighted by atomic mass is 9.53. The second kappa shape index (κ2) is 3.06. The Morgan fingerprint density at radius 2 is 2.37 bits per heavy atom. The summed E-state index contributed by atoms with van der Waals surface area (Å²) in [5, 5.41) is 0. The molecule has 5 aliphatic carbocycles. The van der Waals surface area contributed by atoms with Gasteiger partial charge in [-0.25, -0.2) is 0 Å². The molecule has 5 aliphatic rings. The van der Waals surface area contributed by atoms with E-state index in [1.165, 1.54) is 0 Å². The first kappa shape index (κ1) is 9.12. The number of carbonyl (C=O) groups excluding carboxylic acids is 1. The maximum Gasteiger partial charge on any atom is 0.158 e. The van der Waals surface area contributed by atoms with E-state index in [4.69, 9.17) is 7.48 Å². The molecule has 3 fully saturated rings. The molecule has 2 heteroatoms. The van der Waals surface area contributed by atoms with Crippen LogP contribution in [0.4, 0.5) is 0 Å². The first-order valence-electron chi connectivity index (χ1n) is 8.44. The molecular weight excluding hydrogens is 236 g/mol. The van der Waals surface area contributed by atoms with E-state index in [0.717, 1.165) is 12.8 Å². The zero-order valence-electron chi connectivity index (χ0n) is 13.1. The van der Waals surface area contributed by atoms with Gasteiger partial charge in [0.25, 0.3) is 0 Å². The van der Waals surface area contributed by atoms with Crippen LogP contribution in [0.15, 0.2) is 24.3 Å². The quantitative estimate of drug-likeness (QED) is 0.676. The summed E-state index contributed by atoms with van der Waals surface area (Å²) in [6.45, 7) is 0. The molecule has 1 unspecified atom stereocenters. The van der Waals surface area contributed by atoms with Gasteiger partial charge < -0.3 is 4.74 Å². The average Bonchev–Trinajstić information content (AvgIpc) is 2.87. The van der Waals surface area contributed by atoms with Crippen molar-refractivity contribution in [1.29, 1.82) is 0 Å². The largest absolute Gasteiger partial charge is 0.376 e. The molecule has 0 aromatic heterocycles. The van der Waals surface area contributed by atoms with Gasteiger partial charge in [-0.3, -0.25) is 4.79 Å². The number of hydrogen-bond donors (Lipinski definition) is 0. The Bertz CT molecular complexity index is 610. The van der Waals surface area contributed by atoms with Crippen LogP contribution < -0.4 is 0 Å².